The molecule has 1 aliphatic heterocycles. The third-order valence-electron chi connectivity index (χ3n) is 4.91. The van der Waals surface area contributed by atoms with Crippen LogP contribution in [0.15, 0.2) is 30.3 Å². The van der Waals surface area contributed by atoms with Crippen LogP contribution in [0.4, 0.5) is 11.4 Å². The Balaban J connectivity index is 1.95. The fraction of sp³-hybridized carbons (Fsp3) is 0.350. The summed E-state index contributed by atoms with van der Waals surface area (Å²) in [5.41, 5.74) is 2.96. The highest BCUT2D eigenvalue weighted by Gasteiger charge is 2.27. The number of rotatable bonds is 5. The van der Waals surface area contributed by atoms with Gasteiger partial charge in [0.05, 0.1) is 24.7 Å². The number of non-ortho nitro benzene ring substituents is 1. The minimum atomic E-state index is -0.487. The molecular weight excluding hydrogens is 362 g/mol. The Hall–Kier alpha value is -3.29. The first-order valence-corrected chi connectivity index (χ1v) is 8.84. The Morgan fingerprint density at radius 2 is 1.75 bits per heavy atom. The Labute approximate surface area is 163 Å². The lowest BCUT2D eigenvalue weighted by molar-refractivity contribution is -0.384. The molecule has 0 bridgehead atoms. The maximum absolute atomic E-state index is 13.2. The number of ether oxygens (including phenoxy) is 2. The van der Waals surface area contributed by atoms with Gasteiger partial charge in [0.15, 0.2) is 11.5 Å². The summed E-state index contributed by atoms with van der Waals surface area (Å²) in [5.74, 6) is 1.04. The number of benzene rings is 2. The summed E-state index contributed by atoms with van der Waals surface area (Å²) in [4.78, 5) is 27.4. The molecule has 1 amide bonds. The van der Waals surface area contributed by atoms with Crippen molar-refractivity contribution in [3.05, 3.63) is 57.1 Å². The summed E-state index contributed by atoms with van der Waals surface area (Å²) in [5, 5.41) is 11.2. The fourth-order valence-corrected chi connectivity index (χ4v) is 3.43. The van der Waals surface area contributed by atoms with Crippen LogP contribution >= 0.6 is 0 Å². The number of carbonyl (C=O) groups excluding carboxylic acids is 1. The van der Waals surface area contributed by atoms with E-state index < -0.39 is 4.92 Å². The van der Waals surface area contributed by atoms with Gasteiger partial charge in [0, 0.05) is 45.0 Å². The van der Waals surface area contributed by atoms with Crippen molar-refractivity contribution in [3.63, 3.8) is 0 Å². The molecule has 28 heavy (non-hydrogen) atoms. The largest absolute Gasteiger partial charge is 0.493 e. The Morgan fingerprint density at radius 3 is 2.32 bits per heavy atom. The molecule has 0 aromatic heterocycles. The minimum Gasteiger partial charge on any atom is -0.493 e. The second kappa shape index (κ2) is 7.75. The van der Waals surface area contributed by atoms with Crippen molar-refractivity contribution in [3.8, 4) is 11.5 Å². The van der Waals surface area contributed by atoms with Gasteiger partial charge in [-0.2, -0.15) is 0 Å². The number of methoxy groups -OCH3 is 2. The first-order valence-electron chi connectivity index (χ1n) is 8.84. The zero-order valence-corrected chi connectivity index (χ0v) is 16.4. The lowest BCUT2D eigenvalue weighted by atomic mass is 9.98. The zero-order chi connectivity index (χ0) is 20.4. The lowest BCUT2D eigenvalue weighted by Gasteiger charge is -2.30. The van der Waals surface area contributed by atoms with E-state index in [9.17, 15) is 14.9 Å². The molecule has 0 atom stereocenters. The van der Waals surface area contributed by atoms with Crippen molar-refractivity contribution in [1.82, 2.24) is 4.90 Å². The van der Waals surface area contributed by atoms with Gasteiger partial charge in [0.1, 0.15) is 0 Å². The summed E-state index contributed by atoms with van der Waals surface area (Å²) in [6, 6.07) is 8.19. The predicted octanol–water partition coefficient (Wildman–Crippen LogP) is 2.88. The quantitative estimate of drug-likeness (QED) is 0.581. The van der Waals surface area contributed by atoms with Crippen LogP contribution in [-0.2, 0) is 13.0 Å². The van der Waals surface area contributed by atoms with E-state index in [2.05, 4.69) is 0 Å². The van der Waals surface area contributed by atoms with Crippen molar-refractivity contribution in [2.45, 2.75) is 13.0 Å². The van der Waals surface area contributed by atoms with Crippen molar-refractivity contribution in [1.29, 1.82) is 0 Å². The Morgan fingerprint density at radius 1 is 1.11 bits per heavy atom. The molecule has 0 radical (unpaired) electrons. The van der Waals surface area contributed by atoms with E-state index in [0.29, 0.717) is 42.3 Å². The average molecular weight is 385 g/mol. The van der Waals surface area contributed by atoms with Gasteiger partial charge in [-0.15, -0.1) is 0 Å². The molecule has 0 saturated heterocycles. The second-order valence-electron chi connectivity index (χ2n) is 6.81. The van der Waals surface area contributed by atoms with Gasteiger partial charge in [-0.05, 0) is 35.7 Å². The first-order chi connectivity index (χ1) is 13.3. The topological polar surface area (TPSA) is 85.1 Å². The Bertz CT molecular complexity index is 926. The Kier molecular flexibility index (Phi) is 5.39. The van der Waals surface area contributed by atoms with Gasteiger partial charge < -0.3 is 19.3 Å². The van der Waals surface area contributed by atoms with Crippen LogP contribution in [0, 0.1) is 10.1 Å². The molecule has 3 rings (SSSR count). The van der Waals surface area contributed by atoms with E-state index >= 15 is 0 Å². The van der Waals surface area contributed by atoms with Crippen molar-refractivity contribution in [2.24, 2.45) is 0 Å². The number of fused-ring (bicyclic) bond motifs is 1. The fourth-order valence-electron chi connectivity index (χ4n) is 3.43. The number of nitro benzene ring substituents is 1. The molecule has 0 spiro atoms. The van der Waals surface area contributed by atoms with E-state index in [0.717, 1.165) is 11.1 Å². The molecule has 2 aromatic rings. The number of nitrogens with zero attached hydrogens (tertiary/aromatic N) is 3. The van der Waals surface area contributed by atoms with Gasteiger partial charge in [0.2, 0.25) is 0 Å². The van der Waals surface area contributed by atoms with Gasteiger partial charge in [-0.3, -0.25) is 14.9 Å². The van der Waals surface area contributed by atoms with Gasteiger partial charge >= 0.3 is 0 Å². The predicted molar refractivity (Wildman–Crippen MR) is 105 cm³/mol. The van der Waals surface area contributed by atoms with Crippen molar-refractivity contribution < 1.29 is 19.2 Å². The molecule has 0 saturated carbocycles. The highest BCUT2D eigenvalue weighted by atomic mass is 16.6. The molecule has 1 heterocycles. The zero-order valence-electron chi connectivity index (χ0n) is 16.4. The molecule has 8 heteroatoms. The molecule has 1 aliphatic rings. The maximum Gasteiger partial charge on any atom is 0.270 e. The van der Waals surface area contributed by atoms with Crippen LogP contribution in [0.5, 0.6) is 11.5 Å². The van der Waals surface area contributed by atoms with E-state index in [1.807, 2.05) is 12.1 Å². The lowest BCUT2D eigenvalue weighted by Crippen LogP contribution is -2.36. The third kappa shape index (κ3) is 3.58. The monoisotopic (exact) mass is 385 g/mol. The van der Waals surface area contributed by atoms with Crippen LogP contribution in [0.2, 0.25) is 0 Å². The van der Waals surface area contributed by atoms with E-state index in [-0.39, 0.29) is 11.6 Å². The summed E-state index contributed by atoms with van der Waals surface area (Å²) in [6.45, 7) is 0.932. The number of anilines is 1. The molecule has 8 nitrogen and oxygen atoms in total. The van der Waals surface area contributed by atoms with Gasteiger partial charge in [0.25, 0.3) is 11.6 Å². The molecule has 0 unspecified atom stereocenters. The molecule has 148 valence electrons. The van der Waals surface area contributed by atoms with Crippen molar-refractivity contribution in [2.75, 3.05) is 39.8 Å². The molecule has 0 fully saturated rings. The number of amides is 1. The number of hydrogen-bond acceptors (Lipinski definition) is 6. The maximum atomic E-state index is 13.2. The van der Waals surface area contributed by atoms with Crippen LogP contribution in [-0.4, -0.2) is 50.6 Å². The highest BCUT2D eigenvalue weighted by Crippen LogP contribution is 2.34. The van der Waals surface area contributed by atoms with Crippen LogP contribution < -0.4 is 14.4 Å². The third-order valence-corrected chi connectivity index (χ3v) is 4.91. The van der Waals surface area contributed by atoms with Crippen LogP contribution in [0.1, 0.15) is 21.5 Å². The summed E-state index contributed by atoms with van der Waals surface area (Å²) in [6.07, 6.45) is 0.674. The number of hydrogen-bond donors (Lipinski definition) is 0. The standard InChI is InChI=1S/C20H23N3O5/c1-21(2)17-6-5-15(23(25)26)11-16(17)20(24)22-8-7-13-9-18(27-3)19(28-4)10-14(13)12-22/h5-6,9-11H,7-8,12H2,1-4H3. The molecule has 0 aliphatic carbocycles. The summed E-state index contributed by atoms with van der Waals surface area (Å²) < 4.78 is 10.7. The number of carbonyl (C=O) groups is 1. The smallest absolute Gasteiger partial charge is 0.270 e. The number of nitro groups is 1. The molecular formula is C20H23N3O5. The summed E-state index contributed by atoms with van der Waals surface area (Å²) in [7, 11) is 6.78. The van der Waals surface area contributed by atoms with Crippen molar-refractivity contribution >= 4 is 17.3 Å². The van der Waals surface area contributed by atoms with Gasteiger partial charge in [-0.1, -0.05) is 0 Å². The van der Waals surface area contributed by atoms with E-state index in [1.165, 1.54) is 12.1 Å². The highest BCUT2D eigenvalue weighted by molar-refractivity contribution is 6.00. The van der Waals surface area contributed by atoms with E-state index in [1.54, 1.807) is 44.2 Å². The van der Waals surface area contributed by atoms with E-state index in [4.69, 9.17) is 9.47 Å². The first kappa shape index (κ1) is 19.5. The molecule has 0 N–H and O–H groups in total. The minimum absolute atomic E-state index is 0.0993. The normalized spacial score (nSPS) is 12.9. The SMILES string of the molecule is COc1cc2c(cc1OC)CN(C(=O)c1cc([N+](=O)[O-])ccc1N(C)C)CC2. The molecule has 2 aromatic carbocycles. The second-order valence-corrected chi connectivity index (χ2v) is 6.81. The summed E-state index contributed by atoms with van der Waals surface area (Å²) >= 11 is 0. The average Bonchev–Trinajstić information content (AvgIpc) is 2.70. The van der Waals surface area contributed by atoms with Crippen LogP contribution in [0.25, 0.3) is 0 Å². The van der Waals surface area contributed by atoms with Crippen LogP contribution in [0.3, 0.4) is 0 Å². The van der Waals surface area contributed by atoms with Gasteiger partial charge in [-0.25, -0.2) is 0 Å².